The first kappa shape index (κ1) is 17.9. The lowest BCUT2D eigenvalue weighted by molar-refractivity contribution is -0.121. The van der Waals surface area contributed by atoms with Crippen LogP contribution in [-0.4, -0.2) is 34.6 Å². The third-order valence-corrected chi connectivity index (χ3v) is 5.07. The number of aliphatic imine (C=N–C) groups is 1. The molecule has 1 aromatic carbocycles. The predicted molar refractivity (Wildman–Crippen MR) is 106 cm³/mol. The summed E-state index contributed by atoms with van der Waals surface area (Å²) in [6, 6.07) is 11.3. The lowest BCUT2D eigenvalue weighted by Gasteiger charge is -2.12. The van der Waals surface area contributed by atoms with Crippen molar-refractivity contribution in [2.45, 2.75) is 6.92 Å². The molecule has 0 radical (unpaired) electrons. The van der Waals surface area contributed by atoms with E-state index < -0.39 is 0 Å². The lowest BCUT2D eigenvalue weighted by Crippen LogP contribution is -2.29. The van der Waals surface area contributed by atoms with Crippen molar-refractivity contribution in [1.29, 1.82) is 0 Å². The van der Waals surface area contributed by atoms with Gasteiger partial charge in [0.15, 0.2) is 5.17 Å². The summed E-state index contributed by atoms with van der Waals surface area (Å²) in [6.45, 7) is 6.09. The smallest absolute Gasteiger partial charge is 0.267 e. The second-order valence-electron chi connectivity index (χ2n) is 5.60. The number of methoxy groups -OCH3 is 1. The highest BCUT2D eigenvalue weighted by Gasteiger charge is 2.34. The number of benzene rings is 1. The summed E-state index contributed by atoms with van der Waals surface area (Å²) in [6.07, 6.45) is 5.05. The zero-order chi connectivity index (χ0) is 18.5. The number of hydrogen-bond acceptors (Lipinski definition) is 5. The minimum Gasteiger partial charge on any atom is -0.497 e. The molecule has 2 aromatic rings. The quantitative estimate of drug-likeness (QED) is 0.586. The van der Waals surface area contributed by atoms with Gasteiger partial charge in [0.1, 0.15) is 5.75 Å². The molecule has 0 aliphatic carbocycles. The molecule has 1 aliphatic heterocycles. The molecule has 1 aromatic heterocycles. The van der Waals surface area contributed by atoms with E-state index in [1.54, 1.807) is 30.5 Å². The molecule has 2 heterocycles. The van der Waals surface area contributed by atoms with Gasteiger partial charge in [-0.05, 0) is 54.1 Å². The first-order chi connectivity index (χ1) is 12.6. The third-order valence-electron chi connectivity index (χ3n) is 3.89. The Kier molecular flexibility index (Phi) is 5.53. The molecule has 132 valence electrons. The van der Waals surface area contributed by atoms with Gasteiger partial charge in [-0.3, -0.25) is 14.7 Å². The van der Waals surface area contributed by atoms with Gasteiger partial charge >= 0.3 is 0 Å². The van der Waals surface area contributed by atoms with E-state index in [1.807, 2.05) is 43.3 Å². The van der Waals surface area contributed by atoms with E-state index >= 15 is 0 Å². The van der Waals surface area contributed by atoms with Crippen LogP contribution < -0.4 is 4.74 Å². The van der Waals surface area contributed by atoms with Gasteiger partial charge in [-0.1, -0.05) is 18.2 Å². The summed E-state index contributed by atoms with van der Waals surface area (Å²) in [5.41, 5.74) is 2.54. The van der Waals surface area contributed by atoms with Crippen LogP contribution in [0, 0.1) is 0 Å². The van der Waals surface area contributed by atoms with Crippen LogP contribution in [0.5, 0.6) is 5.75 Å². The summed E-state index contributed by atoms with van der Waals surface area (Å²) < 4.78 is 5.29. The number of amides is 1. The van der Waals surface area contributed by atoms with Crippen molar-refractivity contribution in [2.24, 2.45) is 4.99 Å². The van der Waals surface area contributed by atoms with Crippen molar-refractivity contribution >= 4 is 34.1 Å². The van der Waals surface area contributed by atoms with E-state index in [0.29, 0.717) is 22.3 Å². The zero-order valence-corrected chi connectivity index (χ0v) is 15.5. The number of carbonyl (C=O) groups is 1. The number of rotatable bonds is 5. The summed E-state index contributed by atoms with van der Waals surface area (Å²) in [7, 11) is 1.63. The van der Waals surface area contributed by atoms with Crippen LogP contribution in [0.25, 0.3) is 5.57 Å². The molecule has 26 heavy (non-hydrogen) atoms. The Morgan fingerprint density at radius 1 is 1.38 bits per heavy atom. The van der Waals surface area contributed by atoms with Gasteiger partial charge < -0.3 is 4.74 Å². The maximum absolute atomic E-state index is 12.9. The van der Waals surface area contributed by atoms with E-state index in [4.69, 9.17) is 4.74 Å². The molecule has 1 saturated heterocycles. The van der Waals surface area contributed by atoms with Crippen LogP contribution in [0.2, 0.25) is 0 Å². The van der Waals surface area contributed by atoms with Crippen molar-refractivity contribution in [2.75, 3.05) is 13.7 Å². The zero-order valence-electron chi connectivity index (χ0n) is 14.7. The van der Waals surface area contributed by atoms with Gasteiger partial charge in [-0.25, -0.2) is 4.99 Å². The summed E-state index contributed by atoms with van der Waals surface area (Å²) in [5.74, 6) is 0.683. The molecular formula is C20H19N3O2S. The van der Waals surface area contributed by atoms with Crippen molar-refractivity contribution in [3.8, 4) is 5.75 Å². The van der Waals surface area contributed by atoms with E-state index in [2.05, 4.69) is 16.6 Å². The number of hydrogen-bond donors (Lipinski definition) is 0. The fourth-order valence-electron chi connectivity index (χ4n) is 2.53. The first-order valence-electron chi connectivity index (χ1n) is 8.08. The van der Waals surface area contributed by atoms with Crippen LogP contribution in [0.4, 0.5) is 5.69 Å². The topological polar surface area (TPSA) is 54.8 Å². The molecule has 0 unspecified atom stereocenters. The van der Waals surface area contributed by atoms with E-state index in [0.717, 1.165) is 16.9 Å². The number of nitrogens with zero attached hydrogens (tertiary/aromatic N) is 3. The lowest BCUT2D eigenvalue weighted by atomic mass is 10.1. The van der Waals surface area contributed by atoms with Gasteiger partial charge in [0.25, 0.3) is 5.91 Å². The number of ether oxygens (including phenoxy) is 1. The Morgan fingerprint density at radius 2 is 2.23 bits per heavy atom. The van der Waals surface area contributed by atoms with Gasteiger partial charge in [0.05, 0.1) is 23.9 Å². The molecular weight excluding hydrogens is 346 g/mol. The molecule has 0 saturated carbocycles. The molecule has 1 aliphatic rings. The van der Waals surface area contributed by atoms with Gasteiger partial charge in [0, 0.05) is 12.7 Å². The standard InChI is InChI=1S/C20H19N3O2S/c1-4-11-23-19(24)18(14(2)15-7-5-9-17(12-15)25-3)26-20(23)22-16-8-6-10-21-13-16/h4-10,12-13H,1,11H2,2-3H3/b18-14-,22-20?. The van der Waals surface area contributed by atoms with Crippen LogP contribution in [0.15, 0.2) is 71.3 Å². The second-order valence-corrected chi connectivity index (χ2v) is 6.58. The number of pyridine rings is 1. The van der Waals surface area contributed by atoms with Crippen LogP contribution >= 0.6 is 11.8 Å². The molecule has 0 atom stereocenters. The second kappa shape index (κ2) is 8.01. The molecule has 5 nitrogen and oxygen atoms in total. The maximum Gasteiger partial charge on any atom is 0.267 e. The van der Waals surface area contributed by atoms with Gasteiger partial charge in [-0.2, -0.15) is 0 Å². The molecule has 1 fully saturated rings. The first-order valence-corrected chi connectivity index (χ1v) is 8.90. The molecule has 0 N–H and O–H groups in total. The maximum atomic E-state index is 12.9. The average molecular weight is 365 g/mol. The average Bonchev–Trinajstić information content (AvgIpc) is 2.98. The fraction of sp³-hybridized carbons (Fsp3) is 0.150. The van der Waals surface area contributed by atoms with Crippen molar-refractivity contribution in [3.05, 3.63) is 71.9 Å². The van der Waals surface area contributed by atoms with E-state index in [9.17, 15) is 4.79 Å². The monoisotopic (exact) mass is 365 g/mol. The minimum absolute atomic E-state index is 0.0714. The Balaban J connectivity index is 2.02. The predicted octanol–water partition coefficient (Wildman–Crippen LogP) is 4.27. The highest BCUT2D eigenvalue weighted by Crippen LogP contribution is 2.38. The summed E-state index contributed by atoms with van der Waals surface area (Å²) >= 11 is 1.37. The molecule has 1 amide bonds. The number of allylic oxidation sites excluding steroid dienone is 1. The highest BCUT2D eigenvalue weighted by molar-refractivity contribution is 8.18. The van der Waals surface area contributed by atoms with Gasteiger partial charge in [-0.15, -0.1) is 6.58 Å². The third kappa shape index (κ3) is 3.70. The molecule has 6 heteroatoms. The van der Waals surface area contributed by atoms with Gasteiger partial charge in [0.2, 0.25) is 0 Å². The Hall–Kier alpha value is -2.86. The van der Waals surface area contributed by atoms with Crippen molar-refractivity contribution in [1.82, 2.24) is 9.88 Å². The normalized spacial score (nSPS) is 17.5. The van der Waals surface area contributed by atoms with Crippen LogP contribution in [-0.2, 0) is 4.79 Å². The highest BCUT2D eigenvalue weighted by atomic mass is 32.2. The summed E-state index contributed by atoms with van der Waals surface area (Å²) in [5, 5.41) is 0.625. The Morgan fingerprint density at radius 3 is 2.92 bits per heavy atom. The fourth-order valence-corrected chi connectivity index (χ4v) is 3.60. The van der Waals surface area contributed by atoms with E-state index in [1.165, 1.54) is 11.8 Å². The number of thioether (sulfide) groups is 1. The van der Waals surface area contributed by atoms with Crippen LogP contribution in [0.1, 0.15) is 12.5 Å². The largest absolute Gasteiger partial charge is 0.497 e. The molecule has 0 spiro atoms. The molecule has 0 bridgehead atoms. The summed E-state index contributed by atoms with van der Waals surface area (Å²) in [4.78, 5) is 23.9. The minimum atomic E-state index is -0.0714. The van der Waals surface area contributed by atoms with E-state index in [-0.39, 0.29) is 5.91 Å². The Bertz CT molecular complexity index is 891. The number of amidine groups is 1. The number of carbonyl (C=O) groups excluding carboxylic acids is 1. The van der Waals surface area contributed by atoms with Crippen molar-refractivity contribution < 1.29 is 9.53 Å². The molecule has 3 rings (SSSR count). The number of aromatic nitrogens is 1. The van der Waals surface area contributed by atoms with Crippen LogP contribution in [0.3, 0.4) is 0 Å². The Labute approximate surface area is 157 Å². The SMILES string of the molecule is C=CCN1C(=O)/C(=C(\C)c2cccc(OC)c2)SC1=Nc1cccnc1. The van der Waals surface area contributed by atoms with Crippen molar-refractivity contribution in [3.63, 3.8) is 0 Å².